The van der Waals surface area contributed by atoms with E-state index in [4.69, 9.17) is 10.8 Å². The summed E-state index contributed by atoms with van der Waals surface area (Å²) in [7, 11) is 0. The van der Waals surface area contributed by atoms with Crippen molar-refractivity contribution in [2.24, 2.45) is 5.73 Å². The van der Waals surface area contributed by atoms with Gasteiger partial charge in [-0.2, -0.15) is 0 Å². The van der Waals surface area contributed by atoms with Crippen molar-refractivity contribution in [1.29, 1.82) is 0 Å². The van der Waals surface area contributed by atoms with Crippen LogP contribution in [0.5, 0.6) is 0 Å². The summed E-state index contributed by atoms with van der Waals surface area (Å²) in [6.07, 6.45) is 2.03. The minimum absolute atomic E-state index is 0.222. The van der Waals surface area contributed by atoms with Crippen LogP contribution in [-0.2, 0) is 14.3 Å². The highest BCUT2D eigenvalue weighted by Gasteiger charge is 1.96. The van der Waals surface area contributed by atoms with Gasteiger partial charge in [0.05, 0.1) is 6.42 Å². The molecule has 0 aliphatic carbocycles. The van der Waals surface area contributed by atoms with Crippen LogP contribution in [0.25, 0.3) is 0 Å². The lowest BCUT2D eigenvalue weighted by Crippen LogP contribution is -2.10. The van der Waals surface area contributed by atoms with Crippen LogP contribution in [0.2, 0.25) is 0 Å². The van der Waals surface area contributed by atoms with Crippen LogP contribution >= 0.6 is 0 Å². The van der Waals surface area contributed by atoms with Gasteiger partial charge in [-0.1, -0.05) is 19.6 Å². The summed E-state index contributed by atoms with van der Waals surface area (Å²) in [5, 5.41) is 7.72. The van der Waals surface area contributed by atoms with Crippen molar-refractivity contribution in [3.8, 4) is 0 Å². The van der Waals surface area contributed by atoms with Gasteiger partial charge in [0.15, 0.2) is 0 Å². The van der Waals surface area contributed by atoms with Crippen molar-refractivity contribution >= 4 is 11.9 Å². The van der Waals surface area contributed by atoms with E-state index in [0.717, 1.165) is 0 Å². The zero-order valence-electron chi connectivity index (χ0n) is 8.36. The van der Waals surface area contributed by atoms with Crippen molar-refractivity contribution in [2.45, 2.75) is 19.8 Å². The summed E-state index contributed by atoms with van der Waals surface area (Å²) >= 11 is 0. The molecule has 0 bridgehead atoms. The van der Waals surface area contributed by atoms with Crippen molar-refractivity contribution in [1.82, 2.24) is 0 Å². The van der Waals surface area contributed by atoms with Gasteiger partial charge in [-0.05, 0) is 0 Å². The average molecular weight is 203 g/mol. The zero-order valence-corrected chi connectivity index (χ0v) is 8.36. The van der Waals surface area contributed by atoms with E-state index in [9.17, 15) is 9.59 Å². The van der Waals surface area contributed by atoms with Crippen LogP contribution in [0.3, 0.4) is 0 Å². The lowest BCUT2D eigenvalue weighted by Gasteiger charge is -1.97. The Morgan fingerprint density at radius 3 is 2.36 bits per heavy atom. The number of esters is 1. The Balaban J connectivity index is 0. The first kappa shape index (κ1) is 15.1. The number of rotatable bonds is 5. The van der Waals surface area contributed by atoms with E-state index >= 15 is 0 Å². The molecule has 3 N–H and O–H groups in total. The van der Waals surface area contributed by atoms with Gasteiger partial charge in [0, 0.05) is 13.0 Å². The summed E-state index contributed by atoms with van der Waals surface area (Å²) in [6, 6.07) is 0. The summed E-state index contributed by atoms with van der Waals surface area (Å²) in [5.41, 5.74) is 5.07. The van der Waals surface area contributed by atoms with E-state index in [1.165, 1.54) is 6.08 Å². The van der Waals surface area contributed by atoms with E-state index in [0.29, 0.717) is 6.54 Å². The number of hydrogen-bond donors (Lipinski definition) is 2. The van der Waals surface area contributed by atoms with E-state index in [1.54, 1.807) is 6.92 Å². The topological polar surface area (TPSA) is 89.6 Å². The maximum Gasteiger partial charge on any atom is 0.307 e. The molecule has 82 valence electrons. The molecule has 5 heteroatoms. The van der Waals surface area contributed by atoms with E-state index in [2.05, 4.69) is 11.3 Å². The predicted molar refractivity (Wildman–Crippen MR) is 52.8 cm³/mol. The first-order valence-electron chi connectivity index (χ1n) is 4.26. The molecule has 0 saturated carbocycles. The van der Waals surface area contributed by atoms with Gasteiger partial charge >= 0.3 is 11.9 Å². The van der Waals surface area contributed by atoms with Gasteiger partial charge in [0.2, 0.25) is 0 Å². The minimum Gasteiger partial charge on any atom is -0.481 e. The Bertz CT molecular complexity index is 180. The largest absolute Gasteiger partial charge is 0.481 e. The molecule has 0 atom stereocenters. The molecule has 0 unspecified atom stereocenters. The third-order valence-corrected chi connectivity index (χ3v) is 1.01. The third kappa shape index (κ3) is 16.9. The maximum atomic E-state index is 10.5. The van der Waals surface area contributed by atoms with Crippen molar-refractivity contribution in [3.63, 3.8) is 0 Å². The smallest absolute Gasteiger partial charge is 0.307 e. The Morgan fingerprint density at radius 1 is 1.57 bits per heavy atom. The van der Waals surface area contributed by atoms with E-state index in [1.807, 2.05) is 0 Å². The van der Waals surface area contributed by atoms with Crippen LogP contribution in [-0.4, -0.2) is 30.2 Å². The first-order valence-corrected chi connectivity index (χ1v) is 4.26. The minimum atomic E-state index is -0.745. The second kappa shape index (κ2) is 11.6. The number of carboxylic acid groups (broad SMARTS) is 1. The molecule has 0 aromatic heterocycles. The first-order chi connectivity index (χ1) is 6.58. The van der Waals surface area contributed by atoms with Gasteiger partial charge in [-0.15, -0.1) is 0 Å². The number of hydrogen-bond acceptors (Lipinski definition) is 4. The molecular weight excluding hydrogens is 186 g/mol. The number of carboxylic acids is 1. The molecule has 0 aliphatic rings. The fourth-order valence-corrected chi connectivity index (χ4v) is 0.342. The molecule has 0 aromatic carbocycles. The highest BCUT2D eigenvalue weighted by molar-refractivity contribution is 5.69. The predicted octanol–water partition coefficient (Wildman–Crippen LogP) is 0.545. The van der Waals surface area contributed by atoms with Gasteiger partial charge in [0.25, 0.3) is 0 Å². The monoisotopic (exact) mass is 203 g/mol. The zero-order chi connectivity index (χ0) is 11.4. The highest BCUT2D eigenvalue weighted by Crippen LogP contribution is 1.82. The summed E-state index contributed by atoms with van der Waals surface area (Å²) < 4.78 is 4.59. The number of aliphatic carboxylic acids is 1. The standard InChI is InChI=1S/C6H11NO2.C3H6O2/c1-2-5-9-6(8)3-4-7;1-2-3(4)5/h2H,1,3-5,7H2;2H2,1H3,(H,4,5). The summed E-state index contributed by atoms with van der Waals surface area (Å²) in [6.45, 7) is 5.60. The van der Waals surface area contributed by atoms with Gasteiger partial charge in [0.1, 0.15) is 6.61 Å². The van der Waals surface area contributed by atoms with Crippen LogP contribution in [0.4, 0.5) is 0 Å². The maximum absolute atomic E-state index is 10.5. The summed E-state index contributed by atoms with van der Waals surface area (Å²) in [5.74, 6) is -1.01. The Hall–Kier alpha value is -1.36. The molecule has 5 nitrogen and oxygen atoms in total. The number of carbonyl (C=O) groups is 2. The van der Waals surface area contributed by atoms with Crippen LogP contribution in [0.15, 0.2) is 12.7 Å². The lowest BCUT2D eigenvalue weighted by molar-refractivity contribution is -0.142. The van der Waals surface area contributed by atoms with E-state index in [-0.39, 0.29) is 25.4 Å². The molecule has 0 rings (SSSR count). The Morgan fingerprint density at radius 2 is 2.07 bits per heavy atom. The third-order valence-electron chi connectivity index (χ3n) is 1.01. The normalized spacial score (nSPS) is 8.14. The quantitative estimate of drug-likeness (QED) is 0.503. The molecule has 0 spiro atoms. The number of nitrogens with two attached hydrogens (primary N) is 1. The van der Waals surface area contributed by atoms with Gasteiger partial charge < -0.3 is 15.6 Å². The van der Waals surface area contributed by atoms with Crippen molar-refractivity contribution < 1.29 is 19.4 Å². The van der Waals surface area contributed by atoms with Gasteiger partial charge in [-0.3, -0.25) is 9.59 Å². The second-order valence-corrected chi connectivity index (χ2v) is 2.26. The second-order valence-electron chi connectivity index (χ2n) is 2.26. The van der Waals surface area contributed by atoms with Crippen molar-refractivity contribution in [2.75, 3.05) is 13.2 Å². The lowest BCUT2D eigenvalue weighted by atomic mass is 10.4. The molecule has 0 heterocycles. The molecular formula is C9H17NO4. The molecule has 0 aromatic rings. The number of ether oxygens (including phenoxy) is 1. The SMILES string of the molecule is C=CCOC(=O)CCN.CCC(=O)O. The molecule has 0 radical (unpaired) electrons. The Labute approximate surface area is 83.5 Å². The average Bonchev–Trinajstić information content (AvgIpc) is 2.16. The molecule has 0 amide bonds. The van der Waals surface area contributed by atoms with E-state index < -0.39 is 5.97 Å². The van der Waals surface area contributed by atoms with Gasteiger partial charge in [-0.25, -0.2) is 0 Å². The highest BCUT2D eigenvalue weighted by atomic mass is 16.5. The summed E-state index contributed by atoms with van der Waals surface area (Å²) in [4.78, 5) is 19.8. The van der Waals surface area contributed by atoms with Crippen LogP contribution in [0.1, 0.15) is 19.8 Å². The fourth-order valence-electron chi connectivity index (χ4n) is 0.342. The Kier molecular flexibility index (Phi) is 12.6. The van der Waals surface area contributed by atoms with Crippen LogP contribution < -0.4 is 5.73 Å². The van der Waals surface area contributed by atoms with Crippen molar-refractivity contribution in [3.05, 3.63) is 12.7 Å². The number of carbonyl (C=O) groups excluding carboxylic acids is 1. The van der Waals surface area contributed by atoms with Crippen LogP contribution in [0, 0.1) is 0 Å². The fraction of sp³-hybridized carbons (Fsp3) is 0.556. The molecule has 0 aliphatic heterocycles. The molecule has 14 heavy (non-hydrogen) atoms. The molecule has 0 fully saturated rings. The molecule has 0 saturated heterocycles.